The molecule has 0 radical (unpaired) electrons. The molecular formula is C33H39N3O4S. The summed E-state index contributed by atoms with van der Waals surface area (Å²) in [4.78, 5) is 45.3. The summed E-state index contributed by atoms with van der Waals surface area (Å²) in [5.41, 5.74) is 0.419. The van der Waals surface area contributed by atoms with Gasteiger partial charge in [0.15, 0.2) is 0 Å². The smallest absolute Gasteiger partial charge is 0.246 e. The number of rotatable bonds is 7. The van der Waals surface area contributed by atoms with Crippen molar-refractivity contribution in [1.29, 1.82) is 0 Å². The maximum atomic E-state index is 14.4. The minimum atomic E-state index is -1.19. The number of carbonyl (C=O) groups excluding carboxylic acids is 3. The molecule has 41 heavy (non-hydrogen) atoms. The zero-order valence-electron chi connectivity index (χ0n) is 24.1. The standard InChI is InChI=1S/C33H39N3O4S/c1-19-10-8-15-25(20(19)2)35-31(38)29-33-17-16-26(40-33)27(30(37)34-23-13-9-14-24(18-23)41-4)28(33)32(39)36(29)21(3)22-11-6-5-7-12-22/h5-7,9,11-14,16-21,25-29H,8,10,15H2,1-4H3,(H,34,37)(H,35,38). The average Bonchev–Trinajstić information content (AvgIpc) is 3.63. The molecule has 9 unspecified atom stereocenters. The molecule has 3 aliphatic heterocycles. The number of nitrogens with one attached hydrogen (secondary N) is 2. The van der Waals surface area contributed by atoms with Gasteiger partial charge in [-0.05, 0) is 55.2 Å². The molecule has 2 aromatic rings. The Morgan fingerprint density at radius 2 is 1.85 bits per heavy atom. The van der Waals surface area contributed by atoms with Gasteiger partial charge >= 0.3 is 0 Å². The number of benzene rings is 2. The first-order valence-electron chi connectivity index (χ1n) is 14.7. The molecule has 2 N–H and O–H groups in total. The van der Waals surface area contributed by atoms with Crippen molar-refractivity contribution in [2.45, 2.75) is 74.8 Å². The number of anilines is 1. The highest BCUT2D eigenvalue weighted by Gasteiger charge is 2.73. The van der Waals surface area contributed by atoms with Crippen LogP contribution in [0.15, 0.2) is 71.6 Å². The van der Waals surface area contributed by atoms with E-state index < -0.39 is 29.6 Å². The molecule has 1 spiro atoms. The second-order valence-electron chi connectivity index (χ2n) is 12.1. The van der Waals surface area contributed by atoms with Crippen molar-refractivity contribution in [3.05, 3.63) is 72.3 Å². The van der Waals surface area contributed by atoms with Gasteiger partial charge in [-0.1, -0.05) is 75.2 Å². The molecule has 216 valence electrons. The molecular weight excluding hydrogens is 534 g/mol. The average molecular weight is 574 g/mol. The van der Waals surface area contributed by atoms with E-state index in [0.29, 0.717) is 17.5 Å². The molecule has 7 nitrogen and oxygen atoms in total. The minimum Gasteiger partial charge on any atom is -0.359 e. The van der Waals surface area contributed by atoms with Gasteiger partial charge in [-0.25, -0.2) is 0 Å². The molecule has 1 saturated carbocycles. The molecule has 0 aromatic heterocycles. The first kappa shape index (κ1) is 28.0. The summed E-state index contributed by atoms with van der Waals surface area (Å²) >= 11 is 1.60. The van der Waals surface area contributed by atoms with Crippen molar-refractivity contribution in [2.24, 2.45) is 23.7 Å². The Labute approximate surface area is 246 Å². The predicted molar refractivity (Wildman–Crippen MR) is 160 cm³/mol. The molecule has 3 heterocycles. The third-order valence-electron chi connectivity index (χ3n) is 9.93. The van der Waals surface area contributed by atoms with E-state index in [1.54, 1.807) is 16.7 Å². The Balaban J connectivity index is 1.35. The Hall–Kier alpha value is -3.10. The van der Waals surface area contributed by atoms with Crippen LogP contribution in [0.4, 0.5) is 5.69 Å². The lowest BCUT2D eigenvalue weighted by Crippen LogP contribution is -2.58. The molecule has 2 bridgehead atoms. The van der Waals surface area contributed by atoms with Crippen molar-refractivity contribution in [3.63, 3.8) is 0 Å². The minimum absolute atomic E-state index is 0.0380. The first-order valence-corrected chi connectivity index (χ1v) is 16.0. The Bertz CT molecular complexity index is 1370. The summed E-state index contributed by atoms with van der Waals surface area (Å²) in [5.74, 6) is -1.34. The largest absolute Gasteiger partial charge is 0.359 e. The van der Waals surface area contributed by atoms with Crippen molar-refractivity contribution in [2.75, 3.05) is 11.6 Å². The summed E-state index contributed by atoms with van der Waals surface area (Å²) in [6.45, 7) is 6.39. The Morgan fingerprint density at radius 1 is 1.07 bits per heavy atom. The molecule has 4 aliphatic rings. The monoisotopic (exact) mass is 573 g/mol. The van der Waals surface area contributed by atoms with Gasteiger partial charge in [0, 0.05) is 16.6 Å². The number of amides is 3. The maximum absolute atomic E-state index is 14.4. The third-order valence-corrected chi connectivity index (χ3v) is 10.7. The number of likely N-dealkylation sites (tertiary alicyclic amines) is 1. The summed E-state index contributed by atoms with van der Waals surface area (Å²) in [6, 6.07) is 16.2. The Morgan fingerprint density at radius 3 is 2.61 bits per heavy atom. The van der Waals surface area contributed by atoms with Gasteiger partial charge in [-0.2, -0.15) is 0 Å². The molecule has 6 rings (SSSR count). The lowest BCUT2D eigenvalue weighted by atomic mass is 9.73. The van der Waals surface area contributed by atoms with E-state index in [0.717, 1.165) is 29.7 Å². The molecule has 3 amide bonds. The molecule has 2 aromatic carbocycles. The van der Waals surface area contributed by atoms with Gasteiger partial charge in [0.1, 0.15) is 11.6 Å². The number of thioether (sulfide) groups is 1. The SMILES string of the molecule is CSc1cccc(NC(=O)C2C3C=CC4(O3)C2C(=O)N(C(C)c2ccccc2)C4C(=O)NC2CCCC(C)C2C)c1. The maximum Gasteiger partial charge on any atom is 0.246 e. The van der Waals surface area contributed by atoms with Crippen LogP contribution in [0.5, 0.6) is 0 Å². The second-order valence-corrected chi connectivity index (χ2v) is 13.0. The van der Waals surface area contributed by atoms with Crippen LogP contribution in [-0.4, -0.2) is 52.7 Å². The van der Waals surface area contributed by atoms with Gasteiger partial charge < -0.3 is 20.3 Å². The summed E-state index contributed by atoms with van der Waals surface area (Å²) in [6.07, 6.45) is 8.31. The first-order chi connectivity index (χ1) is 19.7. The van der Waals surface area contributed by atoms with Crippen LogP contribution in [0, 0.1) is 23.7 Å². The van der Waals surface area contributed by atoms with Crippen LogP contribution in [0.3, 0.4) is 0 Å². The van der Waals surface area contributed by atoms with Crippen molar-refractivity contribution >= 4 is 35.2 Å². The Kier molecular flexibility index (Phi) is 7.49. The number of carbonyl (C=O) groups is 3. The summed E-state index contributed by atoms with van der Waals surface area (Å²) < 4.78 is 6.56. The van der Waals surface area contributed by atoms with Crippen LogP contribution in [0.2, 0.25) is 0 Å². The van der Waals surface area contributed by atoms with Crippen LogP contribution in [-0.2, 0) is 19.1 Å². The molecule has 9 atom stereocenters. The van der Waals surface area contributed by atoms with Crippen LogP contribution in [0.25, 0.3) is 0 Å². The molecule has 3 fully saturated rings. The molecule has 1 aliphatic carbocycles. The fraction of sp³-hybridized carbons (Fsp3) is 0.485. The van der Waals surface area contributed by atoms with E-state index in [9.17, 15) is 14.4 Å². The number of hydrogen-bond acceptors (Lipinski definition) is 5. The number of fused-ring (bicyclic) bond motifs is 1. The fourth-order valence-corrected chi connectivity index (χ4v) is 7.95. The highest BCUT2D eigenvalue weighted by molar-refractivity contribution is 7.98. The van der Waals surface area contributed by atoms with Crippen LogP contribution < -0.4 is 10.6 Å². The topological polar surface area (TPSA) is 87.7 Å². The summed E-state index contributed by atoms with van der Waals surface area (Å²) in [5, 5.41) is 6.37. The predicted octanol–water partition coefficient (Wildman–Crippen LogP) is 5.20. The van der Waals surface area contributed by atoms with Crippen molar-refractivity contribution in [3.8, 4) is 0 Å². The van der Waals surface area contributed by atoms with E-state index in [1.165, 1.54) is 0 Å². The van der Waals surface area contributed by atoms with Crippen molar-refractivity contribution < 1.29 is 19.1 Å². The second kappa shape index (κ2) is 11.0. The van der Waals surface area contributed by atoms with Gasteiger partial charge in [0.25, 0.3) is 0 Å². The van der Waals surface area contributed by atoms with E-state index >= 15 is 0 Å². The van der Waals surface area contributed by atoms with Gasteiger partial charge in [-0.15, -0.1) is 11.8 Å². The van der Waals surface area contributed by atoms with E-state index in [1.807, 2.05) is 79.9 Å². The fourth-order valence-electron chi connectivity index (χ4n) is 7.49. The lowest BCUT2D eigenvalue weighted by molar-refractivity contribution is -0.144. The third kappa shape index (κ3) is 4.69. The van der Waals surface area contributed by atoms with Crippen LogP contribution >= 0.6 is 11.8 Å². The highest BCUT2D eigenvalue weighted by Crippen LogP contribution is 2.56. The quantitative estimate of drug-likeness (QED) is 0.351. The zero-order chi connectivity index (χ0) is 28.9. The van der Waals surface area contributed by atoms with E-state index in [4.69, 9.17) is 4.74 Å². The molecule has 8 heteroatoms. The zero-order valence-corrected chi connectivity index (χ0v) is 24.9. The number of ether oxygens (including phenoxy) is 1. The number of hydrogen-bond donors (Lipinski definition) is 2. The van der Waals surface area contributed by atoms with Gasteiger partial charge in [0.05, 0.1) is 24.0 Å². The van der Waals surface area contributed by atoms with Crippen LogP contribution in [0.1, 0.15) is 51.6 Å². The van der Waals surface area contributed by atoms with Gasteiger partial charge in [-0.3, -0.25) is 14.4 Å². The van der Waals surface area contributed by atoms with Gasteiger partial charge in [0.2, 0.25) is 17.7 Å². The highest BCUT2D eigenvalue weighted by atomic mass is 32.2. The van der Waals surface area contributed by atoms with E-state index in [-0.39, 0.29) is 29.8 Å². The van der Waals surface area contributed by atoms with E-state index in [2.05, 4.69) is 24.5 Å². The van der Waals surface area contributed by atoms with Crippen molar-refractivity contribution in [1.82, 2.24) is 10.2 Å². The normalized spacial score (nSPS) is 34.4. The lowest BCUT2D eigenvalue weighted by Gasteiger charge is -2.39. The summed E-state index contributed by atoms with van der Waals surface area (Å²) in [7, 11) is 0. The number of nitrogens with zero attached hydrogens (tertiary/aromatic N) is 1. The molecule has 2 saturated heterocycles.